The maximum absolute atomic E-state index is 12.8. The van der Waals surface area contributed by atoms with E-state index in [1.165, 1.54) is 10.4 Å². The van der Waals surface area contributed by atoms with Gasteiger partial charge < -0.3 is 9.67 Å². The lowest BCUT2D eigenvalue weighted by atomic mass is 10.1. The van der Waals surface area contributed by atoms with Crippen LogP contribution in [0.2, 0.25) is 0 Å². The Kier molecular flexibility index (Phi) is 3.45. The molecule has 0 amide bonds. The number of carboxylic acid groups (broad SMARTS) is 1. The van der Waals surface area contributed by atoms with Crippen molar-refractivity contribution in [1.82, 2.24) is 14.3 Å². The SMILES string of the molecule is O=C(O)Cc1ccc(-n2ncc3c(cc4n3CCCC4)c2=O)cc1. The van der Waals surface area contributed by atoms with Crippen molar-refractivity contribution in [3.05, 3.63) is 58.1 Å². The van der Waals surface area contributed by atoms with Crippen molar-refractivity contribution in [3.8, 4) is 5.69 Å². The molecule has 3 aromatic rings. The summed E-state index contributed by atoms with van der Waals surface area (Å²) in [4.78, 5) is 23.6. The second kappa shape index (κ2) is 5.63. The fourth-order valence-corrected chi connectivity index (χ4v) is 3.37. The topological polar surface area (TPSA) is 77.1 Å². The van der Waals surface area contributed by atoms with Crippen molar-refractivity contribution in [2.45, 2.75) is 32.2 Å². The molecule has 0 unspecified atom stereocenters. The first-order valence-electron chi connectivity index (χ1n) is 8.05. The monoisotopic (exact) mass is 323 g/mol. The number of hydrogen-bond acceptors (Lipinski definition) is 3. The first kappa shape index (κ1) is 14.7. The lowest BCUT2D eigenvalue weighted by Crippen LogP contribution is -2.21. The summed E-state index contributed by atoms with van der Waals surface area (Å²) in [6, 6.07) is 8.87. The Morgan fingerprint density at radius 3 is 2.75 bits per heavy atom. The molecule has 24 heavy (non-hydrogen) atoms. The van der Waals surface area contributed by atoms with Crippen molar-refractivity contribution in [1.29, 1.82) is 0 Å². The van der Waals surface area contributed by atoms with E-state index in [0.717, 1.165) is 31.3 Å². The molecule has 0 saturated carbocycles. The third-order valence-corrected chi connectivity index (χ3v) is 4.54. The summed E-state index contributed by atoms with van der Waals surface area (Å²) in [5.41, 5.74) is 3.29. The molecule has 1 aromatic carbocycles. The van der Waals surface area contributed by atoms with Crippen LogP contribution in [-0.4, -0.2) is 25.4 Å². The molecule has 3 heterocycles. The van der Waals surface area contributed by atoms with Gasteiger partial charge in [-0.05, 0) is 43.0 Å². The van der Waals surface area contributed by atoms with E-state index in [9.17, 15) is 9.59 Å². The van der Waals surface area contributed by atoms with Crippen LogP contribution in [0.3, 0.4) is 0 Å². The summed E-state index contributed by atoms with van der Waals surface area (Å²) in [6.45, 7) is 0.938. The number of carbonyl (C=O) groups is 1. The minimum atomic E-state index is -0.876. The number of aryl methyl sites for hydroxylation is 2. The molecule has 122 valence electrons. The predicted molar refractivity (Wildman–Crippen MR) is 89.6 cm³/mol. The highest BCUT2D eigenvalue weighted by Crippen LogP contribution is 2.23. The highest BCUT2D eigenvalue weighted by molar-refractivity contribution is 5.80. The normalized spacial score (nSPS) is 13.8. The van der Waals surface area contributed by atoms with Gasteiger partial charge in [0.1, 0.15) is 0 Å². The number of nitrogens with zero attached hydrogens (tertiary/aromatic N) is 3. The van der Waals surface area contributed by atoms with Crippen LogP contribution >= 0.6 is 0 Å². The molecule has 0 radical (unpaired) electrons. The molecule has 0 bridgehead atoms. The van der Waals surface area contributed by atoms with E-state index < -0.39 is 5.97 Å². The van der Waals surface area contributed by atoms with Gasteiger partial charge in [-0.15, -0.1) is 0 Å². The van der Waals surface area contributed by atoms with Gasteiger partial charge in [0.15, 0.2) is 0 Å². The van der Waals surface area contributed by atoms with Crippen molar-refractivity contribution < 1.29 is 9.90 Å². The lowest BCUT2D eigenvalue weighted by Gasteiger charge is -2.15. The molecule has 0 spiro atoms. The number of aliphatic carboxylic acids is 1. The van der Waals surface area contributed by atoms with E-state index in [0.29, 0.717) is 16.6 Å². The molecule has 0 atom stereocenters. The number of benzene rings is 1. The highest BCUT2D eigenvalue weighted by Gasteiger charge is 2.16. The Bertz CT molecular complexity index is 983. The summed E-state index contributed by atoms with van der Waals surface area (Å²) >= 11 is 0. The molecule has 6 heteroatoms. The first-order valence-corrected chi connectivity index (χ1v) is 8.05. The standard InChI is InChI=1S/C18H17N3O3/c22-17(23)9-12-4-6-13(7-5-12)21-18(24)15-10-14-3-1-2-8-20(14)16(15)11-19-21/h4-7,10-11H,1-3,8-9H2,(H,22,23). The van der Waals surface area contributed by atoms with E-state index in [-0.39, 0.29) is 12.0 Å². The Hall–Kier alpha value is -2.89. The van der Waals surface area contributed by atoms with Crippen LogP contribution in [0.25, 0.3) is 16.6 Å². The molecule has 1 aliphatic rings. The molecule has 4 rings (SSSR count). The Balaban J connectivity index is 1.78. The Morgan fingerprint density at radius 2 is 2.00 bits per heavy atom. The van der Waals surface area contributed by atoms with Crippen LogP contribution in [-0.2, 0) is 24.2 Å². The maximum atomic E-state index is 12.8. The van der Waals surface area contributed by atoms with Crippen molar-refractivity contribution >= 4 is 16.9 Å². The van der Waals surface area contributed by atoms with Crippen molar-refractivity contribution in [2.75, 3.05) is 0 Å². The number of aromatic nitrogens is 3. The second-order valence-electron chi connectivity index (χ2n) is 6.14. The van der Waals surface area contributed by atoms with E-state index in [1.54, 1.807) is 30.5 Å². The largest absolute Gasteiger partial charge is 0.481 e. The molecule has 0 fully saturated rings. The molecule has 6 nitrogen and oxygen atoms in total. The number of carboxylic acids is 1. The van der Waals surface area contributed by atoms with Gasteiger partial charge in [-0.1, -0.05) is 12.1 Å². The van der Waals surface area contributed by atoms with Crippen LogP contribution in [0, 0.1) is 0 Å². The van der Waals surface area contributed by atoms with E-state index in [1.807, 2.05) is 6.07 Å². The molecule has 0 aliphatic carbocycles. The highest BCUT2D eigenvalue weighted by atomic mass is 16.4. The molecular weight excluding hydrogens is 306 g/mol. The summed E-state index contributed by atoms with van der Waals surface area (Å²) in [7, 11) is 0. The Morgan fingerprint density at radius 1 is 1.21 bits per heavy atom. The van der Waals surface area contributed by atoms with Crippen LogP contribution in [0.15, 0.2) is 41.3 Å². The third-order valence-electron chi connectivity index (χ3n) is 4.54. The van der Waals surface area contributed by atoms with Crippen LogP contribution in [0.5, 0.6) is 0 Å². The minimum Gasteiger partial charge on any atom is -0.481 e. The molecular formula is C18H17N3O3. The van der Waals surface area contributed by atoms with Crippen molar-refractivity contribution in [3.63, 3.8) is 0 Å². The quantitative estimate of drug-likeness (QED) is 0.801. The Labute approximate surface area is 138 Å². The molecule has 0 saturated heterocycles. The van der Waals surface area contributed by atoms with Gasteiger partial charge in [-0.25, -0.2) is 0 Å². The molecule has 2 aromatic heterocycles. The smallest absolute Gasteiger partial charge is 0.307 e. The zero-order chi connectivity index (χ0) is 16.7. The van der Waals surface area contributed by atoms with Gasteiger partial charge >= 0.3 is 5.97 Å². The fraction of sp³-hybridized carbons (Fsp3) is 0.278. The summed E-state index contributed by atoms with van der Waals surface area (Å²) in [5.74, 6) is -0.876. The van der Waals surface area contributed by atoms with Crippen LogP contribution in [0.4, 0.5) is 0 Å². The average Bonchev–Trinajstić information content (AvgIpc) is 2.95. The zero-order valence-corrected chi connectivity index (χ0v) is 13.1. The van der Waals surface area contributed by atoms with Gasteiger partial charge in [0.25, 0.3) is 5.56 Å². The summed E-state index contributed by atoms with van der Waals surface area (Å²) in [5, 5.41) is 13.8. The average molecular weight is 323 g/mol. The summed E-state index contributed by atoms with van der Waals surface area (Å²) < 4.78 is 3.56. The zero-order valence-electron chi connectivity index (χ0n) is 13.1. The minimum absolute atomic E-state index is 0.0339. The van der Waals surface area contributed by atoms with E-state index >= 15 is 0 Å². The van der Waals surface area contributed by atoms with Gasteiger partial charge in [0.2, 0.25) is 0 Å². The van der Waals surface area contributed by atoms with Crippen LogP contribution in [0.1, 0.15) is 24.1 Å². The van der Waals surface area contributed by atoms with Crippen LogP contribution < -0.4 is 5.56 Å². The third kappa shape index (κ3) is 2.40. The van der Waals surface area contributed by atoms with Crippen molar-refractivity contribution in [2.24, 2.45) is 0 Å². The predicted octanol–water partition coefficient (Wildman–Crippen LogP) is 2.15. The summed E-state index contributed by atoms with van der Waals surface area (Å²) in [6.07, 6.45) is 5.00. The number of rotatable bonds is 3. The van der Waals surface area contributed by atoms with Gasteiger partial charge in [-0.3, -0.25) is 9.59 Å². The number of fused-ring (bicyclic) bond motifs is 3. The number of hydrogen-bond donors (Lipinski definition) is 1. The maximum Gasteiger partial charge on any atom is 0.307 e. The molecule has 1 N–H and O–H groups in total. The van der Waals surface area contributed by atoms with Gasteiger partial charge in [0.05, 0.1) is 29.2 Å². The van der Waals surface area contributed by atoms with E-state index in [4.69, 9.17) is 5.11 Å². The molecule has 1 aliphatic heterocycles. The second-order valence-corrected chi connectivity index (χ2v) is 6.14. The first-order chi connectivity index (χ1) is 11.6. The van der Waals surface area contributed by atoms with E-state index in [2.05, 4.69) is 9.67 Å². The van der Waals surface area contributed by atoms with Gasteiger partial charge in [0, 0.05) is 12.2 Å². The van der Waals surface area contributed by atoms with Gasteiger partial charge in [-0.2, -0.15) is 9.78 Å². The fourth-order valence-electron chi connectivity index (χ4n) is 3.37. The lowest BCUT2D eigenvalue weighted by molar-refractivity contribution is -0.136.